The predicted molar refractivity (Wildman–Crippen MR) is 61.3 cm³/mol. The molecule has 1 aliphatic heterocycles. The Morgan fingerprint density at radius 3 is 2.72 bits per heavy atom. The van der Waals surface area contributed by atoms with Crippen molar-refractivity contribution in [3.8, 4) is 0 Å². The Bertz CT molecular complexity index is 325. The van der Waals surface area contributed by atoms with Gasteiger partial charge >= 0.3 is 5.97 Å². The van der Waals surface area contributed by atoms with E-state index in [0.29, 0.717) is 19.6 Å². The Labute approximate surface area is 105 Å². The van der Waals surface area contributed by atoms with Gasteiger partial charge in [0, 0.05) is 6.61 Å². The van der Waals surface area contributed by atoms with Crippen molar-refractivity contribution < 1.29 is 23.9 Å². The van der Waals surface area contributed by atoms with Gasteiger partial charge in [-0.2, -0.15) is 0 Å². The van der Waals surface area contributed by atoms with Crippen molar-refractivity contribution in [3.05, 3.63) is 0 Å². The van der Waals surface area contributed by atoms with E-state index in [4.69, 9.17) is 15.2 Å². The average Bonchev–Trinajstić information content (AvgIpc) is 2.81. The van der Waals surface area contributed by atoms with E-state index in [1.807, 2.05) is 0 Å². The summed E-state index contributed by atoms with van der Waals surface area (Å²) in [5.41, 5.74) is 5.14. The molecule has 0 saturated carbocycles. The number of amides is 2. The van der Waals surface area contributed by atoms with Gasteiger partial charge in [-0.1, -0.05) is 0 Å². The lowest BCUT2D eigenvalue weighted by Gasteiger charge is -2.16. The molecule has 0 bridgehead atoms. The number of hydrogen-bond donors (Lipinski definition) is 2. The lowest BCUT2D eigenvalue weighted by atomic mass is 10.1. The van der Waals surface area contributed by atoms with Gasteiger partial charge in [-0.3, -0.25) is 14.4 Å². The van der Waals surface area contributed by atoms with Gasteiger partial charge in [-0.25, -0.2) is 0 Å². The fourth-order valence-electron chi connectivity index (χ4n) is 1.64. The summed E-state index contributed by atoms with van der Waals surface area (Å²) in [6.07, 6.45) is 0.360. The first-order valence-electron chi connectivity index (χ1n) is 5.87. The molecule has 0 unspecified atom stereocenters. The number of rotatable bonds is 6. The van der Waals surface area contributed by atoms with Gasteiger partial charge in [-0.05, 0) is 13.3 Å². The molecule has 3 N–H and O–H groups in total. The monoisotopic (exact) mass is 258 g/mol. The Kier molecular flexibility index (Phi) is 5.57. The van der Waals surface area contributed by atoms with Gasteiger partial charge < -0.3 is 20.5 Å². The number of ether oxygens (including phenoxy) is 2. The number of carbonyl (C=O) groups excluding carboxylic acids is 3. The SMILES string of the molecule is CCOC(=O)C[C@H](NC(=O)[C@@H]1CCOC1)C(N)=O. The molecule has 2 atom stereocenters. The van der Waals surface area contributed by atoms with Crippen LogP contribution < -0.4 is 11.1 Å². The van der Waals surface area contributed by atoms with Crippen LogP contribution in [0.1, 0.15) is 19.8 Å². The minimum Gasteiger partial charge on any atom is -0.466 e. The van der Waals surface area contributed by atoms with Crippen LogP contribution >= 0.6 is 0 Å². The summed E-state index contributed by atoms with van der Waals surface area (Å²) in [6, 6.07) is -1.03. The standard InChI is InChI=1S/C11H18N2O5/c1-2-18-9(14)5-8(10(12)15)13-11(16)7-3-4-17-6-7/h7-8H,2-6H2,1H3,(H2,12,15)(H,13,16)/t7-,8+/m1/s1. The normalized spacial score (nSPS) is 20.2. The minimum absolute atomic E-state index is 0.217. The summed E-state index contributed by atoms with van der Waals surface area (Å²) in [7, 11) is 0. The minimum atomic E-state index is -1.03. The highest BCUT2D eigenvalue weighted by atomic mass is 16.5. The molecule has 18 heavy (non-hydrogen) atoms. The lowest BCUT2D eigenvalue weighted by Crippen LogP contribution is -2.48. The molecule has 2 amide bonds. The van der Waals surface area contributed by atoms with E-state index < -0.39 is 17.9 Å². The van der Waals surface area contributed by atoms with Gasteiger partial charge in [0.25, 0.3) is 0 Å². The van der Waals surface area contributed by atoms with Crippen LogP contribution in [0.25, 0.3) is 0 Å². The van der Waals surface area contributed by atoms with Gasteiger partial charge in [0.2, 0.25) is 11.8 Å². The third kappa shape index (κ3) is 4.33. The van der Waals surface area contributed by atoms with Crippen molar-refractivity contribution >= 4 is 17.8 Å². The Morgan fingerprint density at radius 2 is 2.22 bits per heavy atom. The number of primary amides is 1. The van der Waals surface area contributed by atoms with Crippen LogP contribution in [-0.4, -0.2) is 43.6 Å². The highest BCUT2D eigenvalue weighted by Crippen LogP contribution is 2.12. The fourth-order valence-corrected chi connectivity index (χ4v) is 1.64. The zero-order chi connectivity index (χ0) is 13.5. The molecule has 102 valence electrons. The van der Waals surface area contributed by atoms with E-state index in [2.05, 4.69) is 5.32 Å². The van der Waals surface area contributed by atoms with Crippen molar-refractivity contribution in [2.24, 2.45) is 11.7 Å². The second kappa shape index (κ2) is 6.95. The molecule has 1 saturated heterocycles. The van der Waals surface area contributed by atoms with Crippen molar-refractivity contribution in [3.63, 3.8) is 0 Å². The van der Waals surface area contributed by atoms with Crippen LogP contribution in [0, 0.1) is 5.92 Å². The molecule has 1 fully saturated rings. The first-order valence-corrected chi connectivity index (χ1v) is 5.87. The van der Waals surface area contributed by atoms with Crippen LogP contribution in [0.15, 0.2) is 0 Å². The third-order valence-corrected chi connectivity index (χ3v) is 2.64. The molecule has 0 spiro atoms. The third-order valence-electron chi connectivity index (χ3n) is 2.64. The second-order valence-electron chi connectivity index (χ2n) is 4.03. The predicted octanol–water partition coefficient (Wildman–Crippen LogP) is -1.05. The maximum absolute atomic E-state index is 11.7. The maximum Gasteiger partial charge on any atom is 0.308 e. The zero-order valence-corrected chi connectivity index (χ0v) is 10.3. The molecule has 0 aromatic rings. The van der Waals surface area contributed by atoms with E-state index in [9.17, 15) is 14.4 Å². The van der Waals surface area contributed by atoms with Crippen LogP contribution in [0.4, 0.5) is 0 Å². The van der Waals surface area contributed by atoms with Crippen molar-refractivity contribution in [2.75, 3.05) is 19.8 Å². The maximum atomic E-state index is 11.7. The van der Waals surface area contributed by atoms with Crippen molar-refractivity contribution in [2.45, 2.75) is 25.8 Å². The Morgan fingerprint density at radius 1 is 1.50 bits per heavy atom. The highest BCUT2D eigenvalue weighted by Gasteiger charge is 2.28. The van der Waals surface area contributed by atoms with Gasteiger partial charge in [0.05, 0.1) is 25.6 Å². The average molecular weight is 258 g/mol. The summed E-state index contributed by atoms with van der Waals surface area (Å²) >= 11 is 0. The molecule has 1 aliphatic rings. The molecular formula is C11H18N2O5. The quantitative estimate of drug-likeness (QED) is 0.591. The second-order valence-corrected chi connectivity index (χ2v) is 4.03. The number of nitrogens with one attached hydrogen (secondary N) is 1. The summed E-state index contributed by atoms with van der Waals surface area (Å²) in [4.78, 5) is 34.2. The smallest absolute Gasteiger partial charge is 0.308 e. The van der Waals surface area contributed by atoms with E-state index in [1.54, 1.807) is 6.92 Å². The number of carbonyl (C=O) groups is 3. The van der Waals surface area contributed by atoms with Gasteiger partial charge in [0.1, 0.15) is 6.04 Å². The Balaban J connectivity index is 2.49. The van der Waals surface area contributed by atoms with Crippen LogP contribution in [0.3, 0.4) is 0 Å². The Hall–Kier alpha value is -1.63. The van der Waals surface area contributed by atoms with Gasteiger partial charge in [0.15, 0.2) is 0 Å². The lowest BCUT2D eigenvalue weighted by molar-refractivity contribution is -0.145. The van der Waals surface area contributed by atoms with Crippen molar-refractivity contribution in [1.82, 2.24) is 5.32 Å². The summed E-state index contributed by atoms with van der Waals surface area (Å²) < 4.78 is 9.78. The number of esters is 1. The molecule has 0 aromatic carbocycles. The number of hydrogen-bond acceptors (Lipinski definition) is 5. The fraction of sp³-hybridized carbons (Fsp3) is 0.727. The molecular weight excluding hydrogens is 240 g/mol. The molecule has 7 nitrogen and oxygen atoms in total. The van der Waals surface area contributed by atoms with E-state index in [-0.39, 0.29) is 24.9 Å². The molecule has 1 rings (SSSR count). The number of nitrogens with two attached hydrogens (primary N) is 1. The highest BCUT2D eigenvalue weighted by molar-refractivity contribution is 5.90. The van der Waals surface area contributed by atoms with E-state index in [1.165, 1.54) is 0 Å². The first-order chi connectivity index (χ1) is 8.54. The van der Waals surface area contributed by atoms with Crippen LogP contribution in [-0.2, 0) is 23.9 Å². The molecule has 0 aromatic heterocycles. The molecule has 1 heterocycles. The first kappa shape index (κ1) is 14.4. The topological polar surface area (TPSA) is 108 Å². The van der Waals surface area contributed by atoms with E-state index in [0.717, 1.165) is 0 Å². The van der Waals surface area contributed by atoms with Crippen molar-refractivity contribution in [1.29, 1.82) is 0 Å². The summed E-state index contributed by atoms with van der Waals surface area (Å²) in [5.74, 6) is -1.92. The summed E-state index contributed by atoms with van der Waals surface area (Å²) in [5, 5.41) is 2.45. The molecule has 7 heteroatoms. The van der Waals surface area contributed by atoms with Crippen LogP contribution in [0.5, 0.6) is 0 Å². The largest absolute Gasteiger partial charge is 0.466 e. The zero-order valence-electron chi connectivity index (χ0n) is 10.3. The molecule has 0 aliphatic carbocycles. The molecule has 0 radical (unpaired) electrons. The summed E-state index contributed by atoms with van der Waals surface area (Å²) in [6.45, 7) is 2.73. The van der Waals surface area contributed by atoms with Gasteiger partial charge in [-0.15, -0.1) is 0 Å². The van der Waals surface area contributed by atoms with E-state index >= 15 is 0 Å². The van der Waals surface area contributed by atoms with Crippen LogP contribution in [0.2, 0.25) is 0 Å².